The molecule has 1 aromatic carbocycles. The molecule has 0 atom stereocenters. The highest BCUT2D eigenvalue weighted by Crippen LogP contribution is 2.37. The first-order valence-corrected chi connectivity index (χ1v) is 10.5. The van der Waals surface area contributed by atoms with Gasteiger partial charge in [0.2, 0.25) is 0 Å². The molecule has 0 saturated carbocycles. The largest absolute Gasteiger partial charge is 0.524 e. The Morgan fingerprint density at radius 2 is 1.42 bits per heavy atom. The van der Waals surface area contributed by atoms with Crippen LogP contribution in [-0.2, 0) is 15.7 Å². The Labute approximate surface area is 145 Å². The highest BCUT2D eigenvalue weighted by atomic mass is 31.2. The van der Waals surface area contributed by atoms with Crippen molar-refractivity contribution in [2.75, 3.05) is 13.2 Å². The Morgan fingerprint density at radius 1 is 0.875 bits per heavy atom. The van der Waals surface area contributed by atoms with E-state index < -0.39 is 7.82 Å². The summed E-state index contributed by atoms with van der Waals surface area (Å²) in [5.41, 5.74) is 1.17. The lowest BCUT2D eigenvalue weighted by Gasteiger charge is -2.07. The zero-order chi connectivity index (χ0) is 17.7. The van der Waals surface area contributed by atoms with Gasteiger partial charge in [-0.3, -0.25) is 9.79 Å². The van der Waals surface area contributed by atoms with E-state index in [2.05, 4.69) is 4.52 Å². The second-order valence-electron chi connectivity index (χ2n) is 6.00. The van der Waals surface area contributed by atoms with Gasteiger partial charge in [0, 0.05) is 13.2 Å². The Hall–Kier alpha value is -0.870. The molecule has 0 radical (unpaired) electrons. The summed E-state index contributed by atoms with van der Waals surface area (Å²) in [5, 5.41) is 0. The maximum atomic E-state index is 10.7. The average Bonchev–Trinajstić information content (AvgIpc) is 2.53. The van der Waals surface area contributed by atoms with Gasteiger partial charge >= 0.3 is 7.82 Å². The summed E-state index contributed by atoms with van der Waals surface area (Å²) in [5.74, 6) is 0.205. The van der Waals surface area contributed by atoms with E-state index in [1.165, 1.54) is 50.5 Å². The van der Waals surface area contributed by atoms with Crippen LogP contribution in [-0.4, -0.2) is 23.0 Å². The SMILES string of the molecule is CCOCCCCCCCCCCc1ccc(OP(=O)(O)O)cc1. The minimum Gasteiger partial charge on any atom is -0.404 e. The minimum atomic E-state index is -4.46. The fourth-order valence-electron chi connectivity index (χ4n) is 2.59. The molecular weight excluding hydrogens is 327 g/mol. The summed E-state index contributed by atoms with van der Waals surface area (Å²) >= 11 is 0. The molecule has 0 aromatic heterocycles. The quantitative estimate of drug-likeness (QED) is 0.367. The highest BCUT2D eigenvalue weighted by Gasteiger charge is 2.15. The molecule has 24 heavy (non-hydrogen) atoms. The molecule has 0 aliphatic carbocycles. The predicted molar refractivity (Wildman–Crippen MR) is 96.2 cm³/mol. The summed E-state index contributed by atoms with van der Waals surface area (Å²) in [4.78, 5) is 17.5. The maximum absolute atomic E-state index is 10.7. The zero-order valence-electron chi connectivity index (χ0n) is 14.7. The number of ether oxygens (including phenoxy) is 1. The monoisotopic (exact) mass is 358 g/mol. The Morgan fingerprint density at radius 3 is 1.96 bits per heavy atom. The molecule has 0 spiro atoms. The lowest BCUT2D eigenvalue weighted by atomic mass is 10.0. The fourth-order valence-corrected chi connectivity index (χ4v) is 2.99. The molecular formula is C18H31O5P. The van der Waals surface area contributed by atoms with Gasteiger partial charge < -0.3 is 9.26 Å². The Bertz CT molecular complexity index is 469. The van der Waals surface area contributed by atoms with Crippen molar-refractivity contribution >= 4 is 7.82 Å². The van der Waals surface area contributed by atoms with E-state index in [9.17, 15) is 4.57 Å². The number of hydrogen-bond donors (Lipinski definition) is 2. The van der Waals surface area contributed by atoms with Crippen LogP contribution in [0, 0.1) is 0 Å². The second-order valence-corrected chi connectivity index (χ2v) is 7.16. The number of hydrogen-bond acceptors (Lipinski definition) is 3. The van der Waals surface area contributed by atoms with Crippen LogP contribution in [0.2, 0.25) is 0 Å². The number of benzene rings is 1. The van der Waals surface area contributed by atoms with E-state index in [-0.39, 0.29) is 5.75 Å². The lowest BCUT2D eigenvalue weighted by molar-refractivity contribution is 0.143. The van der Waals surface area contributed by atoms with Crippen molar-refractivity contribution in [1.82, 2.24) is 0 Å². The summed E-state index contributed by atoms with van der Waals surface area (Å²) in [6.45, 7) is 3.75. The first-order valence-electron chi connectivity index (χ1n) is 8.93. The van der Waals surface area contributed by atoms with Gasteiger partial charge in [0.25, 0.3) is 0 Å². The Kier molecular flexibility index (Phi) is 11.0. The van der Waals surface area contributed by atoms with Gasteiger partial charge in [0.15, 0.2) is 0 Å². The minimum absolute atomic E-state index is 0.205. The number of aryl methyl sites for hydroxylation is 1. The number of rotatable bonds is 14. The summed E-state index contributed by atoms with van der Waals surface area (Å²) in [6, 6.07) is 6.94. The molecule has 0 aliphatic heterocycles. The molecule has 2 N–H and O–H groups in total. The van der Waals surface area contributed by atoms with Gasteiger partial charge in [-0.25, -0.2) is 4.57 Å². The van der Waals surface area contributed by atoms with E-state index >= 15 is 0 Å². The molecule has 0 aliphatic rings. The molecule has 0 saturated heterocycles. The van der Waals surface area contributed by atoms with Crippen molar-refractivity contribution in [3.63, 3.8) is 0 Å². The van der Waals surface area contributed by atoms with Gasteiger partial charge in [0.05, 0.1) is 0 Å². The smallest absolute Gasteiger partial charge is 0.404 e. The van der Waals surface area contributed by atoms with Crippen molar-refractivity contribution in [3.05, 3.63) is 29.8 Å². The topological polar surface area (TPSA) is 76.0 Å². The predicted octanol–water partition coefficient (Wildman–Crippen LogP) is 4.86. The van der Waals surface area contributed by atoms with Crippen LogP contribution in [0.1, 0.15) is 63.9 Å². The average molecular weight is 358 g/mol. The van der Waals surface area contributed by atoms with Gasteiger partial charge in [-0.1, -0.05) is 50.7 Å². The van der Waals surface area contributed by atoms with Crippen molar-refractivity contribution < 1.29 is 23.6 Å². The molecule has 0 fully saturated rings. The normalized spacial score (nSPS) is 11.6. The van der Waals surface area contributed by atoms with E-state index in [1.807, 2.05) is 19.1 Å². The van der Waals surface area contributed by atoms with Crippen molar-refractivity contribution in [3.8, 4) is 5.75 Å². The van der Waals surface area contributed by atoms with Gasteiger partial charge in [-0.05, 0) is 43.9 Å². The van der Waals surface area contributed by atoms with Crippen molar-refractivity contribution in [1.29, 1.82) is 0 Å². The Balaban J connectivity index is 2.00. The fraction of sp³-hybridized carbons (Fsp3) is 0.667. The molecule has 0 bridgehead atoms. The highest BCUT2D eigenvalue weighted by molar-refractivity contribution is 7.46. The summed E-state index contributed by atoms with van der Waals surface area (Å²) in [6.07, 6.45) is 11.0. The third kappa shape index (κ3) is 11.6. The number of phosphoric ester groups is 1. The molecule has 0 heterocycles. The van der Waals surface area contributed by atoms with Crippen LogP contribution in [0.15, 0.2) is 24.3 Å². The molecule has 0 unspecified atom stereocenters. The van der Waals surface area contributed by atoms with E-state index in [1.54, 1.807) is 12.1 Å². The first-order chi connectivity index (χ1) is 11.5. The van der Waals surface area contributed by atoms with E-state index in [0.717, 1.165) is 26.1 Å². The third-order valence-corrected chi connectivity index (χ3v) is 4.30. The zero-order valence-corrected chi connectivity index (χ0v) is 15.5. The molecule has 6 heteroatoms. The van der Waals surface area contributed by atoms with Gasteiger partial charge in [-0.15, -0.1) is 0 Å². The van der Waals surface area contributed by atoms with Crippen LogP contribution < -0.4 is 4.52 Å². The third-order valence-electron chi connectivity index (χ3n) is 3.86. The van der Waals surface area contributed by atoms with Crippen LogP contribution in [0.5, 0.6) is 5.75 Å². The molecule has 1 aromatic rings. The van der Waals surface area contributed by atoms with E-state index in [4.69, 9.17) is 14.5 Å². The molecule has 138 valence electrons. The van der Waals surface area contributed by atoms with Crippen LogP contribution >= 0.6 is 7.82 Å². The number of phosphoric acid groups is 1. The van der Waals surface area contributed by atoms with Crippen LogP contribution in [0.3, 0.4) is 0 Å². The summed E-state index contributed by atoms with van der Waals surface area (Å²) in [7, 11) is -4.46. The number of unbranched alkanes of at least 4 members (excludes halogenated alkanes) is 7. The van der Waals surface area contributed by atoms with Crippen LogP contribution in [0.4, 0.5) is 0 Å². The van der Waals surface area contributed by atoms with Crippen molar-refractivity contribution in [2.24, 2.45) is 0 Å². The molecule has 0 amide bonds. The van der Waals surface area contributed by atoms with Crippen LogP contribution in [0.25, 0.3) is 0 Å². The first kappa shape index (κ1) is 21.2. The van der Waals surface area contributed by atoms with Gasteiger partial charge in [0.1, 0.15) is 5.75 Å². The molecule has 5 nitrogen and oxygen atoms in total. The molecule has 1 rings (SSSR count). The van der Waals surface area contributed by atoms with Gasteiger partial charge in [-0.2, -0.15) is 0 Å². The standard InChI is InChI=1S/C18H31O5P/c1-2-22-16-10-8-6-4-3-5-7-9-11-17-12-14-18(15-13-17)23-24(19,20)21/h12-15H,2-11,16H2,1H3,(H2,19,20,21). The second kappa shape index (κ2) is 12.5. The maximum Gasteiger partial charge on any atom is 0.524 e. The summed E-state index contributed by atoms with van der Waals surface area (Å²) < 4.78 is 20.6. The van der Waals surface area contributed by atoms with E-state index in [0.29, 0.717) is 0 Å². The lowest BCUT2D eigenvalue weighted by Crippen LogP contribution is -1.93. The van der Waals surface area contributed by atoms with Crippen molar-refractivity contribution in [2.45, 2.75) is 64.7 Å².